The van der Waals surface area contributed by atoms with Gasteiger partial charge in [-0.2, -0.15) is 5.10 Å². The molecule has 0 spiro atoms. The number of fused-ring (bicyclic) bond motifs is 1. The highest BCUT2D eigenvalue weighted by molar-refractivity contribution is 7.99. The number of rotatable bonds is 7. The first kappa shape index (κ1) is 21.4. The SMILES string of the molecule is O=C(CSc1nc2ccccc2n1Cc1ccc(Cl)cc1)N/N=C\c1cccc(Cl)c1. The summed E-state index contributed by atoms with van der Waals surface area (Å²) in [5.41, 5.74) is 6.36. The number of benzene rings is 3. The number of para-hydroxylation sites is 2. The molecule has 0 radical (unpaired) electrons. The molecule has 0 aliphatic carbocycles. The van der Waals surface area contributed by atoms with E-state index in [0.29, 0.717) is 16.6 Å². The largest absolute Gasteiger partial charge is 0.314 e. The van der Waals surface area contributed by atoms with Crippen molar-refractivity contribution in [3.8, 4) is 0 Å². The number of amides is 1. The number of nitrogens with zero attached hydrogens (tertiary/aromatic N) is 3. The van der Waals surface area contributed by atoms with Gasteiger partial charge in [-0.15, -0.1) is 0 Å². The fourth-order valence-corrected chi connectivity index (χ4v) is 4.15. The van der Waals surface area contributed by atoms with Crippen molar-refractivity contribution in [1.29, 1.82) is 0 Å². The third-order valence-corrected chi connectivity index (χ3v) is 5.92. The van der Waals surface area contributed by atoms with E-state index in [1.807, 2.05) is 60.7 Å². The summed E-state index contributed by atoms with van der Waals surface area (Å²) in [6.07, 6.45) is 1.56. The minimum absolute atomic E-state index is 0.191. The first-order chi connectivity index (χ1) is 15.1. The lowest BCUT2D eigenvalue weighted by atomic mass is 10.2. The molecule has 0 saturated heterocycles. The van der Waals surface area contributed by atoms with Crippen LogP contribution in [0.4, 0.5) is 0 Å². The summed E-state index contributed by atoms with van der Waals surface area (Å²) in [5, 5.41) is 6.08. The highest BCUT2D eigenvalue weighted by atomic mass is 35.5. The minimum Gasteiger partial charge on any atom is -0.314 e. The molecule has 0 atom stereocenters. The second-order valence-electron chi connectivity index (χ2n) is 6.73. The number of hydrazone groups is 1. The first-order valence-corrected chi connectivity index (χ1v) is 11.2. The Balaban J connectivity index is 1.45. The van der Waals surface area contributed by atoms with Gasteiger partial charge in [0.1, 0.15) is 0 Å². The number of imidazole rings is 1. The number of carbonyl (C=O) groups is 1. The maximum atomic E-state index is 12.3. The average Bonchev–Trinajstić information content (AvgIpc) is 3.11. The zero-order valence-corrected chi connectivity index (χ0v) is 18.7. The van der Waals surface area contributed by atoms with E-state index in [4.69, 9.17) is 28.2 Å². The van der Waals surface area contributed by atoms with Crippen molar-refractivity contribution in [3.63, 3.8) is 0 Å². The number of nitrogens with one attached hydrogen (secondary N) is 1. The maximum absolute atomic E-state index is 12.3. The molecule has 1 amide bonds. The van der Waals surface area contributed by atoms with Crippen LogP contribution in [0.25, 0.3) is 11.0 Å². The van der Waals surface area contributed by atoms with Crippen LogP contribution < -0.4 is 5.43 Å². The number of thioether (sulfide) groups is 1. The van der Waals surface area contributed by atoms with Crippen molar-refractivity contribution < 1.29 is 4.79 Å². The van der Waals surface area contributed by atoms with Gasteiger partial charge in [0.25, 0.3) is 5.91 Å². The van der Waals surface area contributed by atoms with Crippen molar-refractivity contribution in [3.05, 3.63) is 94.0 Å². The standard InChI is InChI=1S/C23H18Cl2N4OS/c24-18-10-8-16(9-11-18)14-29-21-7-2-1-6-20(21)27-23(29)31-15-22(30)28-26-13-17-4-3-5-19(25)12-17/h1-13H,14-15H2,(H,28,30)/b26-13-. The van der Waals surface area contributed by atoms with Crippen LogP contribution in [0.5, 0.6) is 0 Å². The molecule has 1 heterocycles. The zero-order chi connectivity index (χ0) is 21.6. The van der Waals surface area contributed by atoms with E-state index in [0.717, 1.165) is 27.3 Å². The number of halogens is 2. The van der Waals surface area contributed by atoms with Gasteiger partial charge in [-0.1, -0.05) is 71.4 Å². The molecule has 8 heteroatoms. The fraction of sp³-hybridized carbons (Fsp3) is 0.0870. The molecule has 0 fully saturated rings. The van der Waals surface area contributed by atoms with Crippen LogP contribution in [0.2, 0.25) is 10.0 Å². The Labute approximate surface area is 194 Å². The van der Waals surface area contributed by atoms with Crippen molar-refractivity contribution in [2.24, 2.45) is 5.10 Å². The smallest absolute Gasteiger partial charge is 0.250 e. The Bertz CT molecular complexity index is 1240. The van der Waals surface area contributed by atoms with Crippen LogP contribution in [0.1, 0.15) is 11.1 Å². The van der Waals surface area contributed by atoms with E-state index in [1.165, 1.54) is 11.8 Å². The molecule has 1 aromatic heterocycles. The molecule has 0 bridgehead atoms. The normalized spacial score (nSPS) is 11.3. The van der Waals surface area contributed by atoms with Crippen LogP contribution in [-0.4, -0.2) is 27.4 Å². The van der Waals surface area contributed by atoms with Crippen molar-refractivity contribution in [2.45, 2.75) is 11.7 Å². The number of carbonyl (C=O) groups excluding carboxylic acids is 1. The van der Waals surface area contributed by atoms with Gasteiger partial charge in [0.15, 0.2) is 5.16 Å². The van der Waals surface area contributed by atoms with Crippen LogP contribution >= 0.6 is 35.0 Å². The van der Waals surface area contributed by atoms with Gasteiger partial charge in [-0.05, 0) is 47.5 Å². The summed E-state index contributed by atoms with van der Waals surface area (Å²) < 4.78 is 2.10. The summed E-state index contributed by atoms with van der Waals surface area (Å²) in [7, 11) is 0. The quantitative estimate of drug-likeness (QED) is 0.217. The summed E-state index contributed by atoms with van der Waals surface area (Å²) in [6, 6.07) is 22.9. The molecule has 0 aliphatic rings. The molecule has 0 aliphatic heterocycles. The summed E-state index contributed by atoms with van der Waals surface area (Å²) in [4.78, 5) is 17.0. The van der Waals surface area contributed by atoms with Gasteiger partial charge in [-0.3, -0.25) is 4.79 Å². The van der Waals surface area contributed by atoms with E-state index in [-0.39, 0.29) is 11.7 Å². The third-order valence-electron chi connectivity index (χ3n) is 4.46. The molecule has 0 unspecified atom stereocenters. The second-order valence-corrected chi connectivity index (χ2v) is 8.55. The van der Waals surface area contributed by atoms with Crippen LogP contribution in [0.15, 0.2) is 83.1 Å². The van der Waals surface area contributed by atoms with Crippen LogP contribution in [0.3, 0.4) is 0 Å². The van der Waals surface area contributed by atoms with Gasteiger partial charge < -0.3 is 4.57 Å². The van der Waals surface area contributed by atoms with E-state index < -0.39 is 0 Å². The minimum atomic E-state index is -0.214. The summed E-state index contributed by atoms with van der Waals surface area (Å²) in [5.74, 6) is -0.0232. The Morgan fingerprint density at radius 2 is 1.84 bits per heavy atom. The first-order valence-electron chi connectivity index (χ1n) is 9.48. The van der Waals surface area contributed by atoms with Crippen molar-refractivity contribution in [2.75, 3.05) is 5.75 Å². The average molecular weight is 469 g/mol. The van der Waals surface area contributed by atoms with Gasteiger partial charge in [0.2, 0.25) is 0 Å². The molecule has 5 nitrogen and oxygen atoms in total. The van der Waals surface area contributed by atoms with E-state index in [9.17, 15) is 4.79 Å². The predicted molar refractivity (Wildman–Crippen MR) is 128 cm³/mol. The molecule has 3 aromatic carbocycles. The molecule has 156 valence electrons. The third kappa shape index (κ3) is 5.67. The van der Waals surface area contributed by atoms with Gasteiger partial charge >= 0.3 is 0 Å². The molecule has 1 N–H and O–H groups in total. The lowest BCUT2D eigenvalue weighted by molar-refractivity contribution is -0.118. The Kier molecular flexibility index (Phi) is 6.92. The van der Waals surface area contributed by atoms with E-state index in [2.05, 4.69) is 15.1 Å². The summed E-state index contributed by atoms with van der Waals surface area (Å²) >= 11 is 13.3. The van der Waals surface area contributed by atoms with Crippen molar-refractivity contribution in [1.82, 2.24) is 15.0 Å². The molecule has 4 rings (SSSR count). The maximum Gasteiger partial charge on any atom is 0.250 e. The zero-order valence-electron chi connectivity index (χ0n) is 16.3. The van der Waals surface area contributed by atoms with Gasteiger partial charge in [0, 0.05) is 10.0 Å². The molecule has 4 aromatic rings. The molecular formula is C23H18Cl2N4OS. The van der Waals surface area contributed by atoms with Crippen LogP contribution in [0, 0.1) is 0 Å². The van der Waals surface area contributed by atoms with E-state index >= 15 is 0 Å². The highest BCUT2D eigenvalue weighted by Crippen LogP contribution is 2.25. The number of aromatic nitrogens is 2. The second kappa shape index (κ2) is 10.0. The Morgan fingerprint density at radius 1 is 1.03 bits per heavy atom. The molecular weight excluding hydrogens is 451 g/mol. The fourth-order valence-electron chi connectivity index (χ4n) is 3.02. The van der Waals surface area contributed by atoms with E-state index in [1.54, 1.807) is 18.3 Å². The molecule has 0 saturated carbocycles. The predicted octanol–water partition coefficient (Wildman–Crippen LogP) is 5.63. The number of hydrogen-bond donors (Lipinski definition) is 1. The highest BCUT2D eigenvalue weighted by Gasteiger charge is 2.13. The van der Waals surface area contributed by atoms with Crippen molar-refractivity contribution >= 4 is 58.1 Å². The molecule has 31 heavy (non-hydrogen) atoms. The Morgan fingerprint density at radius 3 is 2.65 bits per heavy atom. The lowest BCUT2D eigenvalue weighted by Gasteiger charge is -2.09. The van der Waals surface area contributed by atoms with Gasteiger partial charge in [0.05, 0.1) is 29.5 Å². The monoisotopic (exact) mass is 468 g/mol. The van der Waals surface area contributed by atoms with Crippen LogP contribution in [-0.2, 0) is 11.3 Å². The Hall–Kier alpha value is -2.80. The topological polar surface area (TPSA) is 59.3 Å². The number of hydrogen-bond acceptors (Lipinski definition) is 4. The van der Waals surface area contributed by atoms with Gasteiger partial charge in [-0.25, -0.2) is 10.4 Å². The lowest BCUT2D eigenvalue weighted by Crippen LogP contribution is -2.20. The summed E-state index contributed by atoms with van der Waals surface area (Å²) in [6.45, 7) is 0.633.